The van der Waals surface area contributed by atoms with Gasteiger partial charge in [0.05, 0.1) is 12.2 Å². The lowest BCUT2D eigenvalue weighted by Crippen LogP contribution is -2.40. The van der Waals surface area contributed by atoms with Crippen LogP contribution in [-0.4, -0.2) is 27.7 Å². The van der Waals surface area contributed by atoms with Gasteiger partial charge in [0.25, 0.3) is 5.91 Å². The third kappa shape index (κ3) is 3.12. The van der Waals surface area contributed by atoms with E-state index < -0.39 is 6.04 Å². The first kappa shape index (κ1) is 12.3. The molecule has 0 saturated carbocycles. The van der Waals surface area contributed by atoms with Gasteiger partial charge in [-0.2, -0.15) is 0 Å². The summed E-state index contributed by atoms with van der Waals surface area (Å²) in [5.74, 6) is -0.482. The van der Waals surface area contributed by atoms with Crippen molar-refractivity contribution in [3.63, 3.8) is 0 Å². The Kier molecular flexibility index (Phi) is 4.10. The minimum Gasteiger partial charge on any atom is -0.341 e. The molecule has 0 unspecified atom stereocenters. The molecular weight excluding hydrogens is 206 g/mol. The summed E-state index contributed by atoms with van der Waals surface area (Å²) >= 11 is 0. The highest BCUT2D eigenvalue weighted by Gasteiger charge is 2.19. The molecule has 0 aliphatic heterocycles. The number of amides is 1. The smallest absolute Gasteiger partial charge is 0.272 e. The van der Waals surface area contributed by atoms with Crippen molar-refractivity contribution in [2.45, 2.75) is 26.8 Å². The molecule has 1 amide bonds. The third-order valence-electron chi connectivity index (χ3n) is 2.14. The van der Waals surface area contributed by atoms with Gasteiger partial charge in [0.2, 0.25) is 0 Å². The zero-order valence-electron chi connectivity index (χ0n) is 9.60. The number of carbonyl (C=O) groups is 2. The van der Waals surface area contributed by atoms with Crippen molar-refractivity contribution in [1.29, 1.82) is 0 Å². The largest absolute Gasteiger partial charge is 0.341 e. The Balaban J connectivity index is 2.62. The van der Waals surface area contributed by atoms with Gasteiger partial charge in [-0.15, -0.1) is 0 Å². The van der Waals surface area contributed by atoms with Crippen LogP contribution in [0.1, 0.15) is 31.3 Å². The molecule has 0 bridgehead atoms. The van der Waals surface area contributed by atoms with E-state index >= 15 is 0 Å². The van der Waals surface area contributed by atoms with Crippen LogP contribution in [0.2, 0.25) is 0 Å². The summed E-state index contributed by atoms with van der Waals surface area (Å²) in [6.45, 7) is 5.26. The van der Waals surface area contributed by atoms with E-state index in [0.717, 1.165) is 0 Å². The molecule has 1 heterocycles. The van der Waals surface area contributed by atoms with Crippen LogP contribution in [0, 0.1) is 5.92 Å². The molecule has 86 valence electrons. The maximum Gasteiger partial charge on any atom is 0.272 e. The molecule has 0 spiro atoms. The highest BCUT2D eigenvalue weighted by Crippen LogP contribution is 2.00. The van der Waals surface area contributed by atoms with Crippen molar-refractivity contribution >= 4 is 11.7 Å². The second kappa shape index (κ2) is 5.34. The van der Waals surface area contributed by atoms with Crippen LogP contribution in [0.25, 0.3) is 0 Å². The van der Waals surface area contributed by atoms with Gasteiger partial charge < -0.3 is 5.32 Å². The van der Waals surface area contributed by atoms with Crippen LogP contribution in [0.4, 0.5) is 0 Å². The Morgan fingerprint density at radius 3 is 2.44 bits per heavy atom. The number of nitrogens with one attached hydrogen (secondary N) is 1. The van der Waals surface area contributed by atoms with Crippen molar-refractivity contribution in [1.82, 2.24) is 15.3 Å². The van der Waals surface area contributed by atoms with Crippen LogP contribution in [-0.2, 0) is 4.79 Å². The lowest BCUT2D eigenvalue weighted by molar-refractivity contribution is -0.123. The lowest BCUT2D eigenvalue weighted by Gasteiger charge is -2.14. The van der Waals surface area contributed by atoms with Gasteiger partial charge in [0.15, 0.2) is 5.78 Å². The first-order chi connectivity index (χ1) is 7.52. The fourth-order valence-electron chi connectivity index (χ4n) is 1.26. The third-order valence-corrected chi connectivity index (χ3v) is 2.14. The number of Topliss-reactive ketones (excluding diaryl/α,β-unsaturated/α-hetero) is 1. The fourth-order valence-corrected chi connectivity index (χ4v) is 1.26. The SMILES string of the molecule is CC(C)C(=O)[C@H](C)NC(=O)c1cnccn1. The number of ketones is 1. The number of hydrogen-bond acceptors (Lipinski definition) is 4. The normalized spacial score (nSPS) is 12.2. The van der Waals surface area contributed by atoms with Gasteiger partial charge in [-0.1, -0.05) is 13.8 Å². The molecule has 0 aliphatic carbocycles. The summed E-state index contributed by atoms with van der Waals surface area (Å²) in [7, 11) is 0. The summed E-state index contributed by atoms with van der Waals surface area (Å²) in [6, 6.07) is -0.505. The second-order valence-corrected chi connectivity index (χ2v) is 3.84. The molecule has 1 rings (SSSR count). The van der Waals surface area contributed by atoms with E-state index in [9.17, 15) is 9.59 Å². The van der Waals surface area contributed by atoms with E-state index in [1.54, 1.807) is 20.8 Å². The minimum absolute atomic E-state index is 0.00256. The summed E-state index contributed by atoms with van der Waals surface area (Å²) in [4.78, 5) is 30.8. The highest BCUT2D eigenvalue weighted by molar-refractivity contribution is 5.96. The molecule has 1 atom stereocenters. The minimum atomic E-state index is -0.505. The first-order valence-electron chi connectivity index (χ1n) is 5.13. The van der Waals surface area contributed by atoms with E-state index in [1.165, 1.54) is 18.6 Å². The van der Waals surface area contributed by atoms with Gasteiger partial charge in [-0.3, -0.25) is 14.6 Å². The summed E-state index contributed by atoms with van der Waals surface area (Å²) < 4.78 is 0. The molecule has 0 saturated heterocycles. The van der Waals surface area contributed by atoms with E-state index in [0.29, 0.717) is 0 Å². The quantitative estimate of drug-likeness (QED) is 0.817. The molecule has 0 aromatic carbocycles. The summed E-state index contributed by atoms with van der Waals surface area (Å²) in [5, 5.41) is 2.59. The maximum absolute atomic E-state index is 11.6. The van der Waals surface area contributed by atoms with Gasteiger partial charge >= 0.3 is 0 Å². The monoisotopic (exact) mass is 221 g/mol. The number of carbonyl (C=O) groups excluding carboxylic acids is 2. The topological polar surface area (TPSA) is 72.0 Å². The molecule has 5 heteroatoms. The summed E-state index contributed by atoms with van der Waals surface area (Å²) in [5.41, 5.74) is 0.214. The molecule has 5 nitrogen and oxygen atoms in total. The second-order valence-electron chi connectivity index (χ2n) is 3.84. The molecule has 0 radical (unpaired) electrons. The number of rotatable bonds is 4. The molecule has 1 aromatic heterocycles. The summed E-state index contributed by atoms with van der Waals surface area (Å²) in [6.07, 6.45) is 4.28. The number of nitrogens with zero attached hydrogens (tertiary/aromatic N) is 2. The number of aromatic nitrogens is 2. The molecular formula is C11H15N3O2. The van der Waals surface area contributed by atoms with Crippen molar-refractivity contribution < 1.29 is 9.59 Å². The Labute approximate surface area is 94.3 Å². The maximum atomic E-state index is 11.6. The van der Waals surface area contributed by atoms with Crippen LogP contribution in [0.5, 0.6) is 0 Å². The van der Waals surface area contributed by atoms with Crippen molar-refractivity contribution in [3.05, 3.63) is 24.3 Å². The Morgan fingerprint density at radius 1 is 1.25 bits per heavy atom. The zero-order valence-corrected chi connectivity index (χ0v) is 9.60. The zero-order chi connectivity index (χ0) is 12.1. The molecule has 16 heavy (non-hydrogen) atoms. The van der Waals surface area contributed by atoms with Crippen molar-refractivity contribution in [2.24, 2.45) is 5.92 Å². The molecule has 0 fully saturated rings. The molecule has 1 N–H and O–H groups in total. The average molecular weight is 221 g/mol. The Bertz CT molecular complexity index is 376. The predicted octanol–water partition coefficient (Wildman–Crippen LogP) is 0.820. The van der Waals surface area contributed by atoms with Gasteiger partial charge in [0, 0.05) is 18.3 Å². The lowest BCUT2D eigenvalue weighted by atomic mass is 10.0. The van der Waals surface area contributed by atoms with Gasteiger partial charge in [-0.25, -0.2) is 4.98 Å². The highest BCUT2D eigenvalue weighted by atomic mass is 16.2. The van der Waals surface area contributed by atoms with Crippen LogP contribution in [0.15, 0.2) is 18.6 Å². The van der Waals surface area contributed by atoms with Crippen molar-refractivity contribution in [2.75, 3.05) is 0 Å². The first-order valence-corrected chi connectivity index (χ1v) is 5.13. The van der Waals surface area contributed by atoms with Crippen LogP contribution >= 0.6 is 0 Å². The van der Waals surface area contributed by atoms with E-state index in [4.69, 9.17) is 0 Å². The van der Waals surface area contributed by atoms with Gasteiger partial charge in [-0.05, 0) is 6.92 Å². The Morgan fingerprint density at radius 2 is 1.94 bits per heavy atom. The Hall–Kier alpha value is -1.78. The van der Waals surface area contributed by atoms with E-state index in [1.807, 2.05) is 0 Å². The predicted molar refractivity (Wildman–Crippen MR) is 58.8 cm³/mol. The fraction of sp³-hybridized carbons (Fsp3) is 0.455. The average Bonchev–Trinajstić information content (AvgIpc) is 2.28. The van der Waals surface area contributed by atoms with Gasteiger partial charge in [0.1, 0.15) is 5.69 Å². The van der Waals surface area contributed by atoms with E-state index in [2.05, 4.69) is 15.3 Å². The van der Waals surface area contributed by atoms with Crippen LogP contribution in [0.3, 0.4) is 0 Å². The number of hydrogen-bond donors (Lipinski definition) is 1. The van der Waals surface area contributed by atoms with E-state index in [-0.39, 0.29) is 23.3 Å². The van der Waals surface area contributed by atoms with Crippen LogP contribution < -0.4 is 5.32 Å². The molecule has 1 aromatic rings. The van der Waals surface area contributed by atoms with Crippen molar-refractivity contribution in [3.8, 4) is 0 Å². The standard InChI is InChI=1S/C11H15N3O2/c1-7(2)10(15)8(3)14-11(16)9-6-12-4-5-13-9/h4-8H,1-3H3,(H,14,16)/t8-/m0/s1. The molecule has 0 aliphatic rings.